The Kier molecular flexibility index (Phi) is 7.35. The Morgan fingerprint density at radius 2 is 2.03 bits per heavy atom. The van der Waals surface area contributed by atoms with Gasteiger partial charge >= 0.3 is 0 Å². The van der Waals surface area contributed by atoms with Gasteiger partial charge in [-0.2, -0.15) is 0 Å². The van der Waals surface area contributed by atoms with E-state index in [1.54, 1.807) is 0 Å². The van der Waals surface area contributed by atoms with E-state index in [9.17, 15) is 18.3 Å². The Morgan fingerprint density at radius 1 is 1.27 bits per heavy atom. The summed E-state index contributed by atoms with van der Waals surface area (Å²) < 4.78 is 22.4. The minimum atomic E-state index is -3.08. The molecule has 2 heterocycles. The molecule has 10 heteroatoms. The van der Waals surface area contributed by atoms with Crippen molar-refractivity contribution in [1.82, 2.24) is 20.2 Å². The number of rotatable bonds is 9. The number of carbonyl (C=O) groups excluding carboxylic acids is 1. The summed E-state index contributed by atoms with van der Waals surface area (Å²) in [6.07, 6.45) is 2.64. The molecule has 0 aliphatic carbocycles. The van der Waals surface area contributed by atoms with Gasteiger partial charge in [-0.1, -0.05) is 24.3 Å². The van der Waals surface area contributed by atoms with Gasteiger partial charge in [-0.05, 0) is 17.5 Å². The van der Waals surface area contributed by atoms with E-state index >= 15 is 0 Å². The van der Waals surface area contributed by atoms with Gasteiger partial charge in [0.15, 0.2) is 0 Å². The van der Waals surface area contributed by atoms with Crippen LogP contribution in [-0.4, -0.2) is 78.6 Å². The summed E-state index contributed by atoms with van der Waals surface area (Å²) in [6, 6.07) is 9.75. The predicted molar refractivity (Wildman–Crippen MR) is 114 cm³/mol. The van der Waals surface area contributed by atoms with E-state index in [0.29, 0.717) is 12.4 Å². The Hall–Kier alpha value is -2.56. The van der Waals surface area contributed by atoms with Gasteiger partial charge < -0.3 is 15.7 Å². The number of hydrogen-bond donors (Lipinski definition) is 3. The molecule has 3 N–H and O–H groups in total. The van der Waals surface area contributed by atoms with E-state index in [0.717, 1.165) is 25.8 Å². The molecular formula is C20H27N5O4S. The van der Waals surface area contributed by atoms with Crippen LogP contribution in [0, 0.1) is 0 Å². The zero-order valence-corrected chi connectivity index (χ0v) is 17.7. The quantitative estimate of drug-likeness (QED) is 0.508. The van der Waals surface area contributed by atoms with E-state index in [4.69, 9.17) is 0 Å². The number of anilines is 1. The van der Waals surface area contributed by atoms with E-state index in [1.165, 1.54) is 23.5 Å². The minimum absolute atomic E-state index is 0.0360. The monoisotopic (exact) mass is 433 g/mol. The van der Waals surface area contributed by atoms with Crippen molar-refractivity contribution in [1.29, 1.82) is 0 Å². The number of amides is 1. The number of aliphatic hydroxyl groups excluding tert-OH is 1. The van der Waals surface area contributed by atoms with Crippen molar-refractivity contribution in [3.63, 3.8) is 0 Å². The Balaban J connectivity index is 1.45. The van der Waals surface area contributed by atoms with Gasteiger partial charge in [0.2, 0.25) is 0 Å². The van der Waals surface area contributed by atoms with Crippen LogP contribution in [0.3, 0.4) is 0 Å². The molecule has 2 aromatic rings. The number of fused-ring (bicyclic) bond motifs is 1. The van der Waals surface area contributed by atoms with Crippen molar-refractivity contribution < 1.29 is 18.3 Å². The van der Waals surface area contributed by atoms with Crippen LogP contribution in [0.4, 0.5) is 5.82 Å². The number of nitrogens with zero attached hydrogens (tertiary/aromatic N) is 3. The first kappa shape index (κ1) is 22.1. The second-order valence-corrected chi connectivity index (χ2v) is 9.72. The molecule has 0 unspecified atom stereocenters. The number of hydrogen-bond acceptors (Lipinski definition) is 8. The van der Waals surface area contributed by atoms with Gasteiger partial charge in [0.1, 0.15) is 27.7 Å². The molecule has 1 aliphatic rings. The van der Waals surface area contributed by atoms with Crippen LogP contribution in [-0.2, 0) is 22.8 Å². The minimum Gasteiger partial charge on any atom is -0.390 e. The molecule has 0 saturated heterocycles. The van der Waals surface area contributed by atoms with Gasteiger partial charge in [0, 0.05) is 45.0 Å². The highest BCUT2D eigenvalue weighted by molar-refractivity contribution is 7.90. The first-order valence-corrected chi connectivity index (χ1v) is 11.9. The topological polar surface area (TPSA) is 125 Å². The summed E-state index contributed by atoms with van der Waals surface area (Å²) in [7, 11) is -3.08. The molecule has 1 aliphatic heterocycles. The molecule has 1 aromatic heterocycles. The number of aromatic nitrogens is 2. The van der Waals surface area contributed by atoms with Crippen molar-refractivity contribution >= 4 is 21.6 Å². The second kappa shape index (κ2) is 9.96. The Labute approximate surface area is 176 Å². The fourth-order valence-electron chi connectivity index (χ4n) is 3.32. The third-order valence-electron chi connectivity index (χ3n) is 4.86. The van der Waals surface area contributed by atoms with Crippen molar-refractivity contribution in [2.24, 2.45) is 0 Å². The van der Waals surface area contributed by atoms with E-state index < -0.39 is 21.8 Å². The van der Waals surface area contributed by atoms with Crippen LogP contribution in [0.25, 0.3) is 0 Å². The summed E-state index contributed by atoms with van der Waals surface area (Å²) >= 11 is 0. The lowest BCUT2D eigenvalue weighted by molar-refractivity contribution is 0.0838. The number of sulfone groups is 1. The molecule has 0 bridgehead atoms. The van der Waals surface area contributed by atoms with Crippen molar-refractivity contribution in [2.75, 3.05) is 43.5 Å². The maximum Gasteiger partial charge on any atom is 0.270 e. The first-order valence-electron chi connectivity index (χ1n) is 9.79. The fraction of sp³-hybridized carbons (Fsp3) is 0.450. The average molecular weight is 434 g/mol. The lowest BCUT2D eigenvalue weighted by atomic mass is 10.00. The molecule has 0 spiro atoms. The molecule has 30 heavy (non-hydrogen) atoms. The summed E-state index contributed by atoms with van der Waals surface area (Å²) in [4.78, 5) is 22.4. The molecule has 9 nitrogen and oxygen atoms in total. The molecule has 0 fully saturated rings. The molecule has 3 rings (SSSR count). The lowest BCUT2D eigenvalue weighted by Crippen LogP contribution is -2.42. The van der Waals surface area contributed by atoms with Crippen LogP contribution in [0.5, 0.6) is 0 Å². The molecule has 1 atom stereocenters. The third-order valence-corrected chi connectivity index (χ3v) is 5.80. The van der Waals surface area contributed by atoms with Crippen LogP contribution < -0.4 is 10.6 Å². The zero-order valence-electron chi connectivity index (χ0n) is 16.9. The molecule has 0 saturated carbocycles. The number of aliphatic hydroxyl groups is 1. The largest absolute Gasteiger partial charge is 0.390 e. The van der Waals surface area contributed by atoms with Gasteiger partial charge in [-0.25, -0.2) is 18.4 Å². The highest BCUT2D eigenvalue weighted by Gasteiger charge is 2.19. The van der Waals surface area contributed by atoms with Gasteiger partial charge in [0.05, 0.1) is 11.9 Å². The van der Waals surface area contributed by atoms with Crippen molar-refractivity contribution in [3.05, 3.63) is 53.5 Å². The summed E-state index contributed by atoms with van der Waals surface area (Å²) in [5.74, 6) is -0.0935. The highest BCUT2D eigenvalue weighted by Crippen LogP contribution is 2.18. The smallest absolute Gasteiger partial charge is 0.270 e. The summed E-state index contributed by atoms with van der Waals surface area (Å²) in [5.41, 5.74) is 2.77. The standard InChI is InChI=1S/C20H27N5O4S/c1-30(28,29)9-7-21-19-10-18(23-14-24-19)20(27)22-11-17(26)13-25-8-6-15-4-2-3-5-16(15)12-25/h2-5,10,14,17,26H,6-9,11-13H2,1H3,(H,22,27)(H,21,23,24)/t17-/m0/s1. The Morgan fingerprint density at radius 3 is 2.80 bits per heavy atom. The van der Waals surface area contributed by atoms with E-state index in [2.05, 4.69) is 37.6 Å². The maximum absolute atomic E-state index is 12.3. The van der Waals surface area contributed by atoms with Crippen LogP contribution in [0.15, 0.2) is 36.7 Å². The molecular weight excluding hydrogens is 406 g/mol. The predicted octanol–water partition coefficient (Wildman–Crippen LogP) is 0.0821. The van der Waals surface area contributed by atoms with Crippen molar-refractivity contribution in [2.45, 2.75) is 19.1 Å². The third kappa shape index (κ3) is 6.75. The fourth-order valence-corrected chi connectivity index (χ4v) is 3.79. The number of benzene rings is 1. The zero-order chi connectivity index (χ0) is 21.6. The number of β-amino-alcohol motifs (C(OH)–C–C–N with tert-alkyl or cyclic N) is 1. The molecule has 1 aromatic carbocycles. The normalized spacial score (nSPS) is 15.3. The maximum atomic E-state index is 12.3. The van der Waals surface area contributed by atoms with Crippen LogP contribution in [0.1, 0.15) is 21.6 Å². The van der Waals surface area contributed by atoms with E-state index in [-0.39, 0.29) is 24.5 Å². The SMILES string of the molecule is CS(=O)(=O)CCNc1cc(C(=O)NC[C@H](O)CN2CCc3ccccc3C2)ncn1. The first-order chi connectivity index (χ1) is 14.3. The summed E-state index contributed by atoms with van der Waals surface area (Å²) in [5, 5.41) is 15.9. The van der Waals surface area contributed by atoms with Gasteiger partial charge in [0.25, 0.3) is 5.91 Å². The van der Waals surface area contributed by atoms with Crippen LogP contribution >= 0.6 is 0 Å². The molecule has 0 radical (unpaired) electrons. The van der Waals surface area contributed by atoms with Gasteiger partial charge in [-0.15, -0.1) is 0 Å². The van der Waals surface area contributed by atoms with Gasteiger partial charge in [-0.3, -0.25) is 9.69 Å². The second-order valence-electron chi connectivity index (χ2n) is 7.46. The van der Waals surface area contributed by atoms with Crippen LogP contribution in [0.2, 0.25) is 0 Å². The highest BCUT2D eigenvalue weighted by atomic mass is 32.2. The number of nitrogens with one attached hydrogen (secondary N) is 2. The van der Waals surface area contributed by atoms with E-state index in [1.807, 2.05) is 12.1 Å². The number of carbonyl (C=O) groups is 1. The molecule has 1 amide bonds. The molecule has 162 valence electrons. The van der Waals surface area contributed by atoms with Crippen molar-refractivity contribution in [3.8, 4) is 0 Å². The lowest BCUT2D eigenvalue weighted by Gasteiger charge is -2.30. The Bertz CT molecular complexity index is 983. The average Bonchev–Trinajstić information content (AvgIpc) is 2.71. The summed E-state index contributed by atoms with van der Waals surface area (Å²) in [6.45, 7) is 2.43.